The summed E-state index contributed by atoms with van der Waals surface area (Å²) in [7, 11) is 0. The summed E-state index contributed by atoms with van der Waals surface area (Å²) in [5, 5.41) is 0. The first-order valence-electron chi connectivity index (χ1n) is 5.00. The predicted octanol–water partition coefficient (Wildman–Crippen LogP) is 1.21. The van der Waals surface area contributed by atoms with Crippen LogP contribution in [0.3, 0.4) is 0 Å². The molecule has 0 aromatic carbocycles. The summed E-state index contributed by atoms with van der Waals surface area (Å²) in [5.74, 6) is 2.35. The fourth-order valence-corrected chi connectivity index (χ4v) is 1.90. The minimum atomic E-state index is 0.592. The lowest BCUT2D eigenvalue weighted by Crippen LogP contribution is -2.22. The first-order chi connectivity index (χ1) is 6.68. The summed E-state index contributed by atoms with van der Waals surface area (Å²) < 4.78 is 0. The fraction of sp³-hybridized carbons (Fsp3) is 0.600. The van der Waals surface area contributed by atoms with Gasteiger partial charge in [0.15, 0.2) is 0 Å². The quantitative estimate of drug-likeness (QED) is 0.726. The minimum absolute atomic E-state index is 0.592. The van der Waals surface area contributed by atoms with Crippen molar-refractivity contribution in [3.8, 4) is 0 Å². The van der Waals surface area contributed by atoms with Crippen LogP contribution in [-0.2, 0) is 0 Å². The number of anilines is 2. The second-order valence-electron chi connectivity index (χ2n) is 4.05. The highest BCUT2D eigenvalue weighted by Gasteiger charge is 2.21. The SMILES string of the molecule is Cc1c(N)ncnc1N1CCC(C)C1. The maximum atomic E-state index is 5.75. The van der Waals surface area contributed by atoms with Crippen LogP contribution < -0.4 is 10.6 Å². The van der Waals surface area contributed by atoms with Crippen molar-refractivity contribution in [3.63, 3.8) is 0 Å². The lowest BCUT2D eigenvalue weighted by molar-refractivity contribution is 0.658. The van der Waals surface area contributed by atoms with E-state index in [0.29, 0.717) is 5.82 Å². The number of hydrogen-bond donors (Lipinski definition) is 1. The predicted molar refractivity (Wildman–Crippen MR) is 57.2 cm³/mol. The smallest absolute Gasteiger partial charge is 0.137 e. The number of hydrogen-bond acceptors (Lipinski definition) is 4. The summed E-state index contributed by atoms with van der Waals surface area (Å²) in [5.41, 5.74) is 6.75. The zero-order valence-electron chi connectivity index (χ0n) is 8.70. The lowest BCUT2D eigenvalue weighted by Gasteiger charge is -2.19. The summed E-state index contributed by atoms with van der Waals surface area (Å²) >= 11 is 0. The first-order valence-corrected chi connectivity index (χ1v) is 5.00. The molecule has 1 aromatic heterocycles. The van der Waals surface area contributed by atoms with Crippen molar-refractivity contribution in [2.75, 3.05) is 23.7 Å². The molecule has 2 heterocycles. The van der Waals surface area contributed by atoms with Gasteiger partial charge in [0.05, 0.1) is 0 Å². The van der Waals surface area contributed by atoms with Crippen molar-refractivity contribution >= 4 is 11.6 Å². The molecule has 1 fully saturated rings. The van der Waals surface area contributed by atoms with E-state index in [0.717, 1.165) is 30.4 Å². The third-order valence-electron chi connectivity index (χ3n) is 2.82. The van der Waals surface area contributed by atoms with Gasteiger partial charge in [0.25, 0.3) is 0 Å². The summed E-state index contributed by atoms with van der Waals surface area (Å²) in [4.78, 5) is 10.5. The number of nitrogen functional groups attached to an aromatic ring is 1. The Morgan fingerprint density at radius 1 is 1.50 bits per heavy atom. The molecular formula is C10H16N4. The van der Waals surface area contributed by atoms with Crippen LogP contribution in [0, 0.1) is 12.8 Å². The number of nitrogens with two attached hydrogens (primary N) is 1. The third-order valence-corrected chi connectivity index (χ3v) is 2.82. The van der Waals surface area contributed by atoms with Crippen molar-refractivity contribution < 1.29 is 0 Å². The highest BCUT2D eigenvalue weighted by Crippen LogP contribution is 2.25. The molecule has 1 atom stereocenters. The van der Waals surface area contributed by atoms with E-state index in [1.807, 2.05) is 6.92 Å². The number of aromatic nitrogens is 2. The van der Waals surface area contributed by atoms with Gasteiger partial charge in [0.2, 0.25) is 0 Å². The van der Waals surface area contributed by atoms with E-state index < -0.39 is 0 Å². The summed E-state index contributed by atoms with van der Waals surface area (Å²) in [6.45, 7) is 6.41. The molecule has 1 saturated heterocycles. The Balaban J connectivity index is 2.28. The van der Waals surface area contributed by atoms with Crippen LogP contribution in [0.25, 0.3) is 0 Å². The van der Waals surface area contributed by atoms with E-state index >= 15 is 0 Å². The van der Waals surface area contributed by atoms with E-state index in [1.165, 1.54) is 6.42 Å². The number of rotatable bonds is 1. The van der Waals surface area contributed by atoms with E-state index in [-0.39, 0.29) is 0 Å². The Morgan fingerprint density at radius 2 is 2.29 bits per heavy atom. The van der Waals surface area contributed by atoms with Gasteiger partial charge in [-0.2, -0.15) is 0 Å². The second-order valence-corrected chi connectivity index (χ2v) is 4.05. The molecule has 4 nitrogen and oxygen atoms in total. The number of nitrogens with zero attached hydrogens (tertiary/aromatic N) is 3. The maximum absolute atomic E-state index is 5.75. The Morgan fingerprint density at radius 3 is 2.93 bits per heavy atom. The van der Waals surface area contributed by atoms with Gasteiger partial charge in [0, 0.05) is 18.7 Å². The first kappa shape index (κ1) is 9.24. The molecule has 1 aromatic rings. The van der Waals surface area contributed by atoms with Gasteiger partial charge < -0.3 is 10.6 Å². The fourth-order valence-electron chi connectivity index (χ4n) is 1.90. The van der Waals surface area contributed by atoms with Gasteiger partial charge in [-0.25, -0.2) is 9.97 Å². The molecule has 0 saturated carbocycles. The molecule has 76 valence electrons. The van der Waals surface area contributed by atoms with Gasteiger partial charge in [-0.1, -0.05) is 6.92 Å². The van der Waals surface area contributed by atoms with E-state index in [4.69, 9.17) is 5.73 Å². The van der Waals surface area contributed by atoms with Crippen LogP contribution in [-0.4, -0.2) is 23.1 Å². The summed E-state index contributed by atoms with van der Waals surface area (Å²) in [6, 6.07) is 0. The Kier molecular flexibility index (Phi) is 2.27. The van der Waals surface area contributed by atoms with Gasteiger partial charge in [-0.05, 0) is 19.3 Å². The van der Waals surface area contributed by atoms with Crippen LogP contribution in [0.2, 0.25) is 0 Å². The van der Waals surface area contributed by atoms with Gasteiger partial charge in [-0.3, -0.25) is 0 Å². The standard InChI is InChI=1S/C10H16N4/c1-7-3-4-14(5-7)10-8(2)9(11)12-6-13-10/h6-7H,3-5H2,1-2H3,(H2,11,12,13). The van der Waals surface area contributed by atoms with Crippen molar-refractivity contribution in [2.24, 2.45) is 5.92 Å². The lowest BCUT2D eigenvalue weighted by atomic mass is 10.2. The average Bonchev–Trinajstić information content (AvgIpc) is 2.57. The van der Waals surface area contributed by atoms with E-state index in [1.54, 1.807) is 6.33 Å². The van der Waals surface area contributed by atoms with E-state index in [9.17, 15) is 0 Å². The second kappa shape index (κ2) is 3.44. The Hall–Kier alpha value is -1.32. The van der Waals surface area contributed by atoms with Crippen LogP contribution in [0.5, 0.6) is 0 Å². The zero-order chi connectivity index (χ0) is 10.1. The molecule has 0 spiro atoms. The molecule has 2 rings (SSSR count). The Labute approximate surface area is 84.2 Å². The molecule has 4 heteroatoms. The van der Waals surface area contributed by atoms with Crippen molar-refractivity contribution in [1.82, 2.24) is 9.97 Å². The zero-order valence-corrected chi connectivity index (χ0v) is 8.70. The van der Waals surface area contributed by atoms with Crippen LogP contribution in [0.1, 0.15) is 18.9 Å². The van der Waals surface area contributed by atoms with Gasteiger partial charge in [0.1, 0.15) is 18.0 Å². The molecule has 0 amide bonds. The van der Waals surface area contributed by atoms with Crippen LogP contribution in [0.4, 0.5) is 11.6 Å². The molecule has 0 bridgehead atoms. The topological polar surface area (TPSA) is 55.0 Å². The normalized spacial score (nSPS) is 21.6. The molecular weight excluding hydrogens is 176 g/mol. The van der Waals surface area contributed by atoms with Gasteiger partial charge >= 0.3 is 0 Å². The molecule has 0 radical (unpaired) electrons. The molecule has 1 unspecified atom stereocenters. The molecule has 14 heavy (non-hydrogen) atoms. The minimum Gasteiger partial charge on any atom is -0.383 e. The van der Waals surface area contributed by atoms with Gasteiger partial charge in [-0.15, -0.1) is 0 Å². The third kappa shape index (κ3) is 1.52. The van der Waals surface area contributed by atoms with Crippen LogP contribution >= 0.6 is 0 Å². The average molecular weight is 192 g/mol. The molecule has 1 aliphatic heterocycles. The highest BCUT2D eigenvalue weighted by atomic mass is 15.2. The molecule has 1 aliphatic rings. The van der Waals surface area contributed by atoms with Crippen molar-refractivity contribution in [1.29, 1.82) is 0 Å². The van der Waals surface area contributed by atoms with Crippen molar-refractivity contribution in [2.45, 2.75) is 20.3 Å². The molecule has 2 N–H and O–H groups in total. The largest absolute Gasteiger partial charge is 0.383 e. The van der Waals surface area contributed by atoms with Crippen molar-refractivity contribution in [3.05, 3.63) is 11.9 Å². The summed E-state index contributed by atoms with van der Waals surface area (Å²) in [6.07, 6.45) is 2.78. The molecule has 0 aliphatic carbocycles. The Bertz CT molecular complexity index is 337. The maximum Gasteiger partial charge on any atom is 0.137 e. The highest BCUT2D eigenvalue weighted by molar-refractivity contribution is 5.56. The van der Waals surface area contributed by atoms with E-state index in [2.05, 4.69) is 21.8 Å². The monoisotopic (exact) mass is 192 g/mol. The van der Waals surface area contributed by atoms with Crippen LogP contribution in [0.15, 0.2) is 6.33 Å².